The number of rotatable bonds is 7. The van der Waals surface area contributed by atoms with E-state index in [4.69, 9.17) is 10.5 Å². The lowest BCUT2D eigenvalue weighted by Gasteiger charge is -2.09. The van der Waals surface area contributed by atoms with Gasteiger partial charge < -0.3 is 9.13 Å². The maximum Gasteiger partial charge on any atom is 0.269 e. The minimum Gasteiger partial charge on any atom is -0.314 e. The average molecular weight is 485 g/mol. The molecule has 0 atom stereocenters. The van der Waals surface area contributed by atoms with Crippen molar-refractivity contribution in [3.05, 3.63) is 73.0 Å². The Morgan fingerprint density at radius 3 is 1.81 bits per heavy atom. The van der Waals surface area contributed by atoms with Gasteiger partial charge in [0.15, 0.2) is 0 Å². The first-order valence-corrected chi connectivity index (χ1v) is 11.0. The molecule has 7 heteroatoms. The minimum atomic E-state index is -0.222. The van der Waals surface area contributed by atoms with Crippen molar-refractivity contribution in [2.75, 3.05) is 0 Å². The quantitative estimate of drug-likeness (QED) is 0.556. The molecule has 0 aromatic carbocycles. The Morgan fingerprint density at radius 2 is 1.39 bits per heavy atom. The zero-order valence-corrected chi connectivity index (χ0v) is 20.1. The van der Waals surface area contributed by atoms with Crippen LogP contribution >= 0.6 is 15.9 Å². The van der Waals surface area contributed by atoms with Gasteiger partial charge in [0, 0.05) is 30.0 Å². The van der Waals surface area contributed by atoms with Gasteiger partial charge in [-0.25, -0.2) is 0 Å². The number of nitriles is 2. The normalized spacial score (nSPS) is 10.2. The lowest BCUT2D eigenvalue weighted by atomic mass is 10.1. The van der Waals surface area contributed by atoms with E-state index in [1.54, 1.807) is 33.7 Å². The molecule has 0 radical (unpaired) electrons. The van der Waals surface area contributed by atoms with Gasteiger partial charge in [-0.1, -0.05) is 40.3 Å². The standard InChI is InChI=1S/C13H16N2O.C11H13BrN2O/c1-4-11-6-8-15(7-5-10(2)3)13(16)12(11)9-14;1-8(2)3-5-14-6-4-10(12)9(7-13)11(14)15/h4,6,8,10H,1,5,7H2,2-3H3;4,6,8H,3,5H2,1-2H3. The average Bonchev–Trinajstić information content (AvgIpc) is 2.72. The molecule has 0 aliphatic carbocycles. The monoisotopic (exact) mass is 484 g/mol. The predicted molar refractivity (Wildman–Crippen MR) is 128 cm³/mol. The fourth-order valence-electron chi connectivity index (χ4n) is 2.67. The van der Waals surface area contributed by atoms with E-state index in [9.17, 15) is 9.59 Å². The summed E-state index contributed by atoms with van der Waals surface area (Å²) < 4.78 is 3.74. The molecule has 0 aliphatic heterocycles. The summed E-state index contributed by atoms with van der Waals surface area (Å²) in [5.74, 6) is 1.09. The van der Waals surface area contributed by atoms with Gasteiger partial charge in [0.05, 0.1) is 0 Å². The van der Waals surface area contributed by atoms with Crippen LogP contribution in [0.15, 0.2) is 45.2 Å². The van der Waals surface area contributed by atoms with Crippen molar-refractivity contribution >= 4 is 22.0 Å². The van der Waals surface area contributed by atoms with E-state index in [-0.39, 0.29) is 22.2 Å². The third-order valence-corrected chi connectivity index (χ3v) is 5.31. The SMILES string of the molecule is C=Cc1ccn(CCC(C)C)c(=O)c1C#N.CC(C)CCn1ccc(Br)c(C#N)c1=O. The van der Waals surface area contributed by atoms with Gasteiger partial charge >= 0.3 is 0 Å². The lowest BCUT2D eigenvalue weighted by Crippen LogP contribution is -2.23. The van der Waals surface area contributed by atoms with Crippen LogP contribution in [0.25, 0.3) is 6.08 Å². The van der Waals surface area contributed by atoms with Gasteiger partial charge in [0.25, 0.3) is 11.1 Å². The van der Waals surface area contributed by atoms with E-state index in [1.165, 1.54) is 6.08 Å². The summed E-state index contributed by atoms with van der Waals surface area (Å²) in [6.07, 6.45) is 6.84. The van der Waals surface area contributed by atoms with E-state index in [0.717, 1.165) is 12.8 Å². The molecule has 6 nitrogen and oxygen atoms in total. The zero-order valence-electron chi connectivity index (χ0n) is 18.6. The van der Waals surface area contributed by atoms with Crippen molar-refractivity contribution in [1.29, 1.82) is 10.5 Å². The Labute approximate surface area is 192 Å². The topological polar surface area (TPSA) is 91.6 Å². The largest absolute Gasteiger partial charge is 0.314 e. The summed E-state index contributed by atoms with van der Waals surface area (Å²) in [5.41, 5.74) is 0.531. The maximum atomic E-state index is 11.9. The van der Waals surface area contributed by atoms with E-state index in [2.05, 4.69) is 50.2 Å². The number of aromatic nitrogens is 2. The molecule has 2 aromatic rings. The number of halogens is 1. The Balaban J connectivity index is 0.000000311. The van der Waals surface area contributed by atoms with Crippen LogP contribution in [0, 0.1) is 34.5 Å². The molecule has 0 amide bonds. The Kier molecular flexibility index (Phi) is 10.7. The molecular formula is C24H29BrN4O2. The van der Waals surface area contributed by atoms with Crippen LogP contribution in [-0.4, -0.2) is 9.13 Å². The fraction of sp³-hybridized carbons (Fsp3) is 0.417. The number of aryl methyl sites for hydroxylation is 2. The molecule has 0 N–H and O–H groups in total. The number of pyridine rings is 2. The second-order valence-corrected chi connectivity index (χ2v) is 8.83. The van der Waals surface area contributed by atoms with Gasteiger partial charge in [-0.05, 0) is 58.3 Å². The predicted octanol–water partition coefficient (Wildman–Crippen LogP) is 4.94. The van der Waals surface area contributed by atoms with Gasteiger partial charge in [-0.15, -0.1) is 0 Å². The molecule has 0 spiro atoms. The Bertz CT molecular complexity index is 1100. The first-order chi connectivity index (χ1) is 14.7. The van der Waals surface area contributed by atoms with Crippen molar-refractivity contribution < 1.29 is 0 Å². The molecule has 0 saturated carbocycles. The molecule has 0 saturated heterocycles. The van der Waals surface area contributed by atoms with Crippen LogP contribution in [0.5, 0.6) is 0 Å². The summed E-state index contributed by atoms with van der Waals surface area (Å²) in [5, 5.41) is 17.7. The first-order valence-electron chi connectivity index (χ1n) is 10.2. The van der Waals surface area contributed by atoms with Gasteiger partial charge in [0.2, 0.25) is 0 Å². The number of hydrogen-bond acceptors (Lipinski definition) is 4. The first kappa shape index (κ1) is 26.1. The van der Waals surface area contributed by atoms with Crippen LogP contribution in [0.4, 0.5) is 0 Å². The van der Waals surface area contributed by atoms with Crippen LogP contribution in [-0.2, 0) is 13.1 Å². The molecule has 0 unspecified atom stereocenters. The summed E-state index contributed by atoms with van der Waals surface area (Å²) in [4.78, 5) is 23.6. The molecule has 2 aromatic heterocycles. The van der Waals surface area contributed by atoms with Crippen molar-refractivity contribution in [2.45, 2.75) is 53.6 Å². The molecular weight excluding hydrogens is 456 g/mol. The highest BCUT2D eigenvalue weighted by Crippen LogP contribution is 2.11. The van der Waals surface area contributed by atoms with Gasteiger partial charge in [-0.3, -0.25) is 9.59 Å². The number of hydrogen-bond donors (Lipinski definition) is 0. The summed E-state index contributed by atoms with van der Waals surface area (Å²) >= 11 is 3.19. The molecule has 0 aliphatic rings. The van der Waals surface area contributed by atoms with E-state index >= 15 is 0 Å². The maximum absolute atomic E-state index is 11.9. The van der Waals surface area contributed by atoms with Crippen molar-refractivity contribution in [3.8, 4) is 12.1 Å². The second kappa shape index (κ2) is 12.7. The highest BCUT2D eigenvalue weighted by molar-refractivity contribution is 9.10. The van der Waals surface area contributed by atoms with Gasteiger partial charge in [-0.2, -0.15) is 10.5 Å². The van der Waals surface area contributed by atoms with Crippen molar-refractivity contribution in [3.63, 3.8) is 0 Å². The van der Waals surface area contributed by atoms with Crippen molar-refractivity contribution in [2.24, 2.45) is 11.8 Å². The molecule has 164 valence electrons. The Hall–Kier alpha value is -2.90. The summed E-state index contributed by atoms with van der Waals surface area (Å²) in [6, 6.07) is 7.34. The molecule has 0 bridgehead atoms. The molecule has 2 heterocycles. The highest BCUT2D eigenvalue weighted by Gasteiger charge is 2.08. The van der Waals surface area contributed by atoms with Crippen LogP contribution in [0.2, 0.25) is 0 Å². The van der Waals surface area contributed by atoms with Crippen LogP contribution in [0.1, 0.15) is 57.2 Å². The third-order valence-electron chi connectivity index (χ3n) is 4.65. The fourth-order valence-corrected chi connectivity index (χ4v) is 3.05. The number of nitrogens with zero attached hydrogens (tertiary/aromatic N) is 4. The second-order valence-electron chi connectivity index (χ2n) is 7.97. The highest BCUT2D eigenvalue weighted by atomic mass is 79.9. The molecule has 2 rings (SSSR count). The lowest BCUT2D eigenvalue weighted by molar-refractivity contribution is 0.507. The van der Waals surface area contributed by atoms with Gasteiger partial charge in [0.1, 0.15) is 23.3 Å². The van der Waals surface area contributed by atoms with E-state index in [0.29, 0.717) is 35.0 Å². The van der Waals surface area contributed by atoms with Crippen LogP contribution < -0.4 is 11.1 Å². The summed E-state index contributed by atoms with van der Waals surface area (Å²) in [7, 11) is 0. The van der Waals surface area contributed by atoms with E-state index in [1.807, 2.05) is 12.1 Å². The smallest absolute Gasteiger partial charge is 0.269 e. The van der Waals surface area contributed by atoms with Crippen molar-refractivity contribution in [1.82, 2.24) is 9.13 Å². The summed E-state index contributed by atoms with van der Waals surface area (Å²) in [6.45, 7) is 13.3. The third kappa shape index (κ3) is 7.70. The van der Waals surface area contributed by atoms with Crippen LogP contribution in [0.3, 0.4) is 0 Å². The zero-order chi connectivity index (χ0) is 23.6. The van der Waals surface area contributed by atoms with E-state index < -0.39 is 0 Å². The minimum absolute atomic E-state index is 0.182. The molecule has 31 heavy (non-hydrogen) atoms. The Morgan fingerprint density at radius 1 is 0.935 bits per heavy atom. The molecule has 0 fully saturated rings.